The normalized spacial score (nSPS) is 12.1. The van der Waals surface area contributed by atoms with Crippen molar-refractivity contribution in [3.63, 3.8) is 0 Å². The maximum atomic E-state index is 12.7. The number of rotatable bonds is 5. The molecule has 0 atom stereocenters. The van der Waals surface area contributed by atoms with Crippen LogP contribution < -0.4 is 0 Å². The first-order valence-corrected chi connectivity index (χ1v) is 8.66. The Bertz CT molecular complexity index is 600. The highest BCUT2D eigenvalue weighted by Crippen LogP contribution is 2.47. The topological polar surface area (TPSA) is 44.1 Å². The van der Waals surface area contributed by atoms with Gasteiger partial charge in [-0.25, -0.2) is 0 Å². The third-order valence-corrected chi connectivity index (χ3v) is 6.36. The minimum Gasteiger partial charge on any atom is -0.268 e. The third-order valence-electron chi connectivity index (χ3n) is 2.54. The van der Waals surface area contributed by atoms with Gasteiger partial charge in [0.15, 0.2) is 4.84 Å². The van der Waals surface area contributed by atoms with Crippen molar-refractivity contribution >= 4 is 75.9 Å². The van der Waals surface area contributed by atoms with E-state index in [1.54, 1.807) is 18.2 Å². The van der Waals surface area contributed by atoms with E-state index in [0.717, 1.165) is 4.31 Å². The van der Waals surface area contributed by atoms with E-state index in [2.05, 4.69) is 0 Å². The zero-order valence-corrected chi connectivity index (χ0v) is 16.1. The van der Waals surface area contributed by atoms with Crippen LogP contribution in [0.4, 0.5) is 0 Å². The fraction of sp³-hybridized carbons (Fsp3) is 0.385. The summed E-state index contributed by atoms with van der Waals surface area (Å²) >= 11 is 30.2. The quantitative estimate of drug-likeness (QED) is 0.455. The Morgan fingerprint density at radius 1 is 1.32 bits per heavy atom. The summed E-state index contributed by atoms with van der Waals surface area (Å²) in [6, 6.07) is 8.46. The number of hydrogen-bond donors (Lipinski definition) is 0. The smallest absolute Gasteiger partial charge is 0.266 e. The van der Waals surface area contributed by atoms with Gasteiger partial charge in [-0.15, -0.1) is 23.2 Å². The summed E-state index contributed by atoms with van der Waals surface area (Å²) in [6.45, 7) is 3.08. The highest BCUT2D eigenvalue weighted by molar-refractivity contribution is 8.01. The van der Waals surface area contributed by atoms with E-state index in [1.165, 1.54) is 19.9 Å². The second-order valence-corrected chi connectivity index (χ2v) is 9.23. The van der Waals surface area contributed by atoms with Crippen LogP contribution in [0.1, 0.15) is 24.2 Å². The molecule has 0 bridgehead atoms. The summed E-state index contributed by atoms with van der Waals surface area (Å²) in [5.74, 6) is -0.526. The molecule has 1 aromatic carbocycles. The highest BCUT2D eigenvalue weighted by atomic mass is 35.5. The number of hydrogen-bond acceptors (Lipinski definition) is 3. The van der Waals surface area contributed by atoms with Crippen LogP contribution >= 0.6 is 70.0 Å². The van der Waals surface area contributed by atoms with Crippen molar-refractivity contribution < 1.29 is 4.79 Å². The van der Waals surface area contributed by atoms with Gasteiger partial charge in [0.05, 0.1) is 16.7 Å². The summed E-state index contributed by atoms with van der Waals surface area (Å²) in [5.41, 5.74) is -1.01. The fourth-order valence-electron chi connectivity index (χ4n) is 1.36. The van der Waals surface area contributed by atoms with Gasteiger partial charge in [-0.05, 0) is 37.9 Å². The van der Waals surface area contributed by atoms with E-state index in [-0.39, 0.29) is 10.6 Å². The molecule has 9 heteroatoms. The number of nitrogens with zero attached hydrogens (tertiary/aromatic N) is 2. The summed E-state index contributed by atoms with van der Waals surface area (Å²) < 4.78 is -0.597. The van der Waals surface area contributed by atoms with Crippen LogP contribution in [0.25, 0.3) is 0 Å². The lowest BCUT2D eigenvalue weighted by Crippen LogP contribution is -2.45. The third kappa shape index (κ3) is 4.74. The monoisotopic (exact) mass is 418 g/mol. The minimum atomic E-state index is -1.71. The zero-order chi connectivity index (χ0) is 17.1. The van der Waals surface area contributed by atoms with E-state index in [1.807, 2.05) is 6.07 Å². The van der Waals surface area contributed by atoms with Gasteiger partial charge in [0, 0.05) is 0 Å². The van der Waals surface area contributed by atoms with Gasteiger partial charge in [-0.3, -0.25) is 9.10 Å². The Hall–Kier alpha value is -0.0200. The molecule has 0 aliphatic rings. The van der Waals surface area contributed by atoms with Crippen LogP contribution in [-0.2, 0) is 0 Å². The molecule has 1 rings (SSSR count). The van der Waals surface area contributed by atoms with Gasteiger partial charge in [0.1, 0.15) is 5.54 Å². The molecule has 1 aromatic rings. The molecule has 22 heavy (non-hydrogen) atoms. The van der Waals surface area contributed by atoms with E-state index >= 15 is 0 Å². The Morgan fingerprint density at radius 2 is 1.86 bits per heavy atom. The van der Waals surface area contributed by atoms with Gasteiger partial charge >= 0.3 is 0 Å². The molecule has 0 heterocycles. The number of alkyl halides is 4. The molecule has 0 spiro atoms. The summed E-state index contributed by atoms with van der Waals surface area (Å²) in [4.78, 5) is 11.6. The molecule has 0 aliphatic heterocycles. The van der Waals surface area contributed by atoms with Crippen molar-refractivity contribution in [2.75, 3.05) is 0 Å². The van der Waals surface area contributed by atoms with Gasteiger partial charge in [-0.2, -0.15) is 5.26 Å². The van der Waals surface area contributed by atoms with Crippen molar-refractivity contribution in [1.29, 1.82) is 5.26 Å². The maximum Gasteiger partial charge on any atom is 0.266 e. The molecular weight excluding hydrogens is 409 g/mol. The SMILES string of the molecule is CC(C)(C#N)N(SC(Cl)(Cl)C(Cl)Cl)C(=O)c1ccccc1Cl. The van der Waals surface area contributed by atoms with Crippen LogP contribution in [0.5, 0.6) is 0 Å². The first kappa shape index (κ1) is 20.0. The lowest BCUT2D eigenvalue weighted by Gasteiger charge is -2.36. The Kier molecular flexibility index (Phi) is 7.01. The second kappa shape index (κ2) is 7.70. The molecule has 120 valence electrons. The van der Waals surface area contributed by atoms with Crippen LogP contribution in [0, 0.1) is 11.3 Å². The molecule has 1 amide bonds. The highest BCUT2D eigenvalue weighted by Gasteiger charge is 2.43. The van der Waals surface area contributed by atoms with Crippen LogP contribution in [0.2, 0.25) is 5.02 Å². The van der Waals surface area contributed by atoms with E-state index in [0.29, 0.717) is 11.9 Å². The minimum absolute atomic E-state index is 0.213. The number of benzene rings is 1. The van der Waals surface area contributed by atoms with E-state index in [9.17, 15) is 10.1 Å². The van der Waals surface area contributed by atoms with Gasteiger partial charge in [0.2, 0.25) is 3.67 Å². The molecule has 0 N–H and O–H groups in total. The lowest BCUT2D eigenvalue weighted by atomic mass is 10.1. The molecular formula is C13H11Cl5N2OS. The van der Waals surface area contributed by atoms with Crippen molar-refractivity contribution in [1.82, 2.24) is 4.31 Å². The molecule has 0 fully saturated rings. The van der Waals surface area contributed by atoms with E-state index in [4.69, 9.17) is 58.0 Å². The Balaban J connectivity index is 3.26. The fourth-order valence-corrected chi connectivity index (χ4v) is 3.00. The average molecular weight is 421 g/mol. The van der Waals surface area contributed by atoms with E-state index < -0.39 is 19.9 Å². The maximum absolute atomic E-state index is 12.7. The van der Waals surface area contributed by atoms with Crippen LogP contribution in [-0.4, -0.2) is 24.3 Å². The Morgan fingerprint density at radius 3 is 2.32 bits per heavy atom. The zero-order valence-electron chi connectivity index (χ0n) is 11.5. The first-order chi connectivity index (χ1) is 10.0. The second-order valence-electron chi connectivity index (χ2n) is 4.70. The molecule has 0 unspecified atom stereocenters. The molecule has 0 aliphatic carbocycles. The first-order valence-electron chi connectivity index (χ1n) is 5.88. The number of nitriles is 1. The van der Waals surface area contributed by atoms with Crippen molar-refractivity contribution in [2.24, 2.45) is 0 Å². The molecule has 0 saturated heterocycles. The number of amides is 1. The molecule has 0 radical (unpaired) electrons. The predicted molar refractivity (Wildman–Crippen MR) is 94.8 cm³/mol. The summed E-state index contributed by atoms with van der Waals surface area (Å²) in [7, 11) is 0. The number of carbonyl (C=O) groups is 1. The summed E-state index contributed by atoms with van der Waals surface area (Å²) in [6.07, 6.45) is 0. The predicted octanol–water partition coefficient (Wildman–Crippen LogP) is 5.67. The molecule has 3 nitrogen and oxygen atoms in total. The van der Waals surface area contributed by atoms with Gasteiger partial charge in [0.25, 0.3) is 5.91 Å². The van der Waals surface area contributed by atoms with Crippen LogP contribution in [0.15, 0.2) is 24.3 Å². The van der Waals surface area contributed by atoms with Crippen LogP contribution in [0.3, 0.4) is 0 Å². The lowest BCUT2D eigenvalue weighted by molar-refractivity contribution is 0.0815. The van der Waals surface area contributed by atoms with Crippen molar-refractivity contribution in [3.8, 4) is 6.07 Å². The average Bonchev–Trinajstić information content (AvgIpc) is 2.44. The largest absolute Gasteiger partial charge is 0.268 e. The number of halogens is 5. The number of carbonyl (C=O) groups excluding carboxylic acids is 1. The summed E-state index contributed by atoms with van der Waals surface area (Å²) in [5, 5.41) is 9.57. The van der Waals surface area contributed by atoms with Gasteiger partial charge < -0.3 is 0 Å². The van der Waals surface area contributed by atoms with Crippen molar-refractivity contribution in [3.05, 3.63) is 34.9 Å². The molecule has 0 saturated carbocycles. The molecule has 0 aromatic heterocycles. The standard InChI is InChI=1S/C13H11Cl5N2OS/c1-12(2,7-19)20(22-13(17,18)11(15)16)10(21)8-5-3-4-6-9(8)14/h3-6,11H,1-2H3. The Labute approximate surface area is 158 Å². The van der Waals surface area contributed by atoms with Crippen molar-refractivity contribution in [2.45, 2.75) is 27.9 Å². The van der Waals surface area contributed by atoms with Gasteiger partial charge in [-0.1, -0.05) is 46.9 Å².